The molecule has 2 fully saturated rings. The van der Waals surface area contributed by atoms with Crippen molar-refractivity contribution in [2.45, 2.75) is 57.2 Å². The van der Waals surface area contributed by atoms with Gasteiger partial charge in [-0.2, -0.15) is 0 Å². The number of hydrogen-bond acceptors (Lipinski definition) is 4. The van der Waals surface area contributed by atoms with Crippen molar-refractivity contribution in [3.8, 4) is 11.5 Å². The predicted octanol–water partition coefficient (Wildman–Crippen LogP) is 2.91. The van der Waals surface area contributed by atoms with Crippen molar-refractivity contribution in [1.82, 2.24) is 5.32 Å². The van der Waals surface area contributed by atoms with Crippen LogP contribution in [-0.2, 0) is 0 Å². The van der Waals surface area contributed by atoms with E-state index >= 15 is 0 Å². The van der Waals surface area contributed by atoms with E-state index in [1.54, 1.807) is 0 Å². The molecular weight excluding hydrogens is 264 g/mol. The summed E-state index contributed by atoms with van der Waals surface area (Å²) in [5.74, 6) is 1.78. The number of piperidine rings is 1. The number of anilines is 1. The molecule has 1 aromatic carbocycles. The molecule has 0 amide bonds. The molecule has 4 rings (SSSR count). The van der Waals surface area contributed by atoms with E-state index in [2.05, 4.69) is 35.3 Å². The molecule has 0 spiro atoms. The summed E-state index contributed by atoms with van der Waals surface area (Å²) < 4.78 is 11.0. The normalized spacial score (nSPS) is 30.0. The van der Waals surface area contributed by atoms with Crippen LogP contribution in [0.15, 0.2) is 18.2 Å². The van der Waals surface area contributed by atoms with Crippen molar-refractivity contribution in [3.05, 3.63) is 18.2 Å². The minimum absolute atomic E-state index is 0.356. The van der Waals surface area contributed by atoms with Crippen molar-refractivity contribution >= 4 is 5.69 Å². The van der Waals surface area contributed by atoms with Gasteiger partial charge in [-0.1, -0.05) is 6.92 Å². The first-order valence-electron chi connectivity index (χ1n) is 8.26. The predicted molar refractivity (Wildman–Crippen MR) is 83.2 cm³/mol. The number of benzene rings is 1. The molecule has 0 aliphatic carbocycles. The number of nitrogens with zero attached hydrogens (tertiary/aromatic N) is 1. The van der Waals surface area contributed by atoms with E-state index in [0.717, 1.165) is 18.0 Å². The van der Waals surface area contributed by atoms with Crippen molar-refractivity contribution < 1.29 is 9.47 Å². The Bertz CT molecular complexity index is 506. The van der Waals surface area contributed by atoms with Gasteiger partial charge in [0.15, 0.2) is 11.5 Å². The molecule has 2 saturated heterocycles. The lowest BCUT2D eigenvalue weighted by atomic mass is 9.96. The average molecular weight is 288 g/mol. The lowest BCUT2D eigenvalue weighted by Crippen LogP contribution is -2.49. The summed E-state index contributed by atoms with van der Waals surface area (Å²) in [5, 5.41) is 3.71. The maximum atomic E-state index is 5.53. The van der Waals surface area contributed by atoms with Crippen LogP contribution >= 0.6 is 0 Å². The van der Waals surface area contributed by atoms with E-state index in [9.17, 15) is 0 Å². The Morgan fingerprint density at radius 1 is 1.14 bits per heavy atom. The molecule has 1 aromatic rings. The Morgan fingerprint density at radius 2 is 1.90 bits per heavy atom. The molecule has 3 aliphatic rings. The fourth-order valence-electron chi connectivity index (χ4n) is 4.16. The molecule has 4 heteroatoms. The molecule has 2 bridgehead atoms. The summed E-state index contributed by atoms with van der Waals surface area (Å²) in [7, 11) is 0. The van der Waals surface area contributed by atoms with E-state index in [1.807, 2.05) is 0 Å². The molecule has 2 atom stereocenters. The van der Waals surface area contributed by atoms with Gasteiger partial charge in [0.05, 0.1) is 0 Å². The molecule has 114 valence electrons. The van der Waals surface area contributed by atoms with Gasteiger partial charge in [0, 0.05) is 29.9 Å². The monoisotopic (exact) mass is 288 g/mol. The maximum absolute atomic E-state index is 5.53. The molecule has 1 N–H and O–H groups in total. The van der Waals surface area contributed by atoms with Gasteiger partial charge in [-0.15, -0.1) is 0 Å². The van der Waals surface area contributed by atoms with Crippen LogP contribution in [0.25, 0.3) is 0 Å². The quantitative estimate of drug-likeness (QED) is 0.923. The lowest BCUT2D eigenvalue weighted by molar-refractivity contribution is 0.174. The fraction of sp³-hybridized carbons (Fsp3) is 0.647. The molecule has 3 aliphatic heterocycles. The third kappa shape index (κ3) is 2.35. The lowest BCUT2D eigenvalue weighted by Gasteiger charge is -2.41. The first kappa shape index (κ1) is 13.3. The van der Waals surface area contributed by atoms with Crippen molar-refractivity contribution in [2.24, 2.45) is 0 Å². The van der Waals surface area contributed by atoms with Crippen LogP contribution < -0.4 is 19.7 Å². The van der Waals surface area contributed by atoms with Gasteiger partial charge >= 0.3 is 0 Å². The van der Waals surface area contributed by atoms with Crippen LogP contribution in [0.1, 0.15) is 39.0 Å². The minimum atomic E-state index is 0.356. The van der Waals surface area contributed by atoms with Gasteiger partial charge in [0.1, 0.15) is 0 Å². The minimum Gasteiger partial charge on any atom is -0.454 e. The highest BCUT2D eigenvalue weighted by molar-refractivity contribution is 5.59. The zero-order chi connectivity index (χ0) is 14.2. The summed E-state index contributed by atoms with van der Waals surface area (Å²) in [6.07, 6.45) is 6.40. The summed E-state index contributed by atoms with van der Waals surface area (Å²) in [6.45, 7) is 3.74. The van der Waals surface area contributed by atoms with Gasteiger partial charge in [-0.05, 0) is 50.8 Å². The first-order chi connectivity index (χ1) is 10.3. The van der Waals surface area contributed by atoms with E-state index < -0.39 is 0 Å². The molecule has 4 nitrogen and oxygen atoms in total. The zero-order valence-corrected chi connectivity index (χ0v) is 12.7. The maximum Gasteiger partial charge on any atom is 0.231 e. The van der Waals surface area contributed by atoms with Crippen molar-refractivity contribution in [2.75, 3.05) is 18.2 Å². The van der Waals surface area contributed by atoms with Gasteiger partial charge in [0.2, 0.25) is 6.79 Å². The summed E-state index contributed by atoms with van der Waals surface area (Å²) in [4.78, 5) is 2.63. The topological polar surface area (TPSA) is 33.7 Å². The van der Waals surface area contributed by atoms with Crippen LogP contribution in [0.2, 0.25) is 0 Å². The molecular formula is C17H24N2O2. The number of fused-ring (bicyclic) bond motifs is 3. The highest BCUT2D eigenvalue weighted by atomic mass is 16.7. The fourth-order valence-corrected chi connectivity index (χ4v) is 4.16. The second kappa shape index (κ2) is 5.41. The average Bonchev–Trinajstić information content (AvgIpc) is 3.06. The molecule has 3 heterocycles. The Morgan fingerprint density at radius 3 is 2.67 bits per heavy atom. The van der Waals surface area contributed by atoms with Crippen LogP contribution in [0.3, 0.4) is 0 Å². The molecule has 21 heavy (non-hydrogen) atoms. The van der Waals surface area contributed by atoms with Gasteiger partial charge in [-0.25, -0.2) is 0 Å². The third-order valence-electron chi connectivity index (χ3n) is 5.07. The second-order valence-electron chi connectivity index (χ2n) is 6.45. The largest absolute Gasteiger partial charge is 0.454 e. The van der Waals surface area contributed by atoms with Crippen LogP contribution in [0, 0.1) is 0 Å². The van der Waals surface area contributed by atoms with Crippen molar-refractivity contribution in [3.63, 3.8) is 0 Å². The number of nitrogens with one attached hydrogen (secondary N) is 1. The third-order valence-corrected chi connectivity index (χ3v) is 5.07. The number of rotatable bonds is 4. The SMILES string of the molecule is CCCNC1CC2CCC(C1)N2c1ccc2c(c1)OCO2. The van der Waals surface area contributed by atoms with E-state index in [4.69, 9.17) is 9.47 Å². The highest BCUT2D eigenvalue weighted by Gasteiger charge is 2.40. The van der Waals surface area contributed by atoms with E-state index in [-0.39, 0.29) is 0 Å². The second-order valence-corrected chi connectivity index (χ2v) is 6.45. The number of hydrogen-bond donors (Lipinski definition) is 1. The Labute approximate surface area is 126 Å². The van der Waals surface area contributed by atoms with Crippen LogP contribution in [-0.4, -0.2) is 31.5 Å². The first-order valence-corrected chi connectivity index (χ1v) is 8.26. The smallest absolute Gasteiger partial charge is 0.231 e. The van der Waals surface area contributed by atoms with E-state index in [1.165, 1.54) is 37.8 Å². The zero-order valence-electron chi connectivity index (χ0n) is 12.7. The molecule has 0 radical (unpaired) electrons. The van der Waals surface area contributed by atoms with Gasteiger partial charge in [-0.3, -0.25) is 0 Å². The molecule has 2 unspecified atom stereocenters. The highest BCUT2D eigenvalue weighted by Crippen LogP contribution is 2.43. The summed E-state index contributed by atoms with van der Waals surface area (Å²) in [5.41, 5.74) is 1.31. The van der Waals surface area contributed by atoms with E-state index in [0.29, 0.717) is 24.9 Å². The molecule has 0 saturated carbocycles. The van der Waals surface area contributed by atoms with Crippen LogP contribution in [0.5, 0.6) is 11.5 Å². The molecule has 0 aromatic heterocycles. The Kier molecular flexibility index (Phi) is 3.42. The van der Waals surface area contributed by atoms with Gasteiger partial charge in [0.25, 0.3) is 0 Å². The summed E-state index contributed by atoms with van der Waals surface area (Å²) in [6, 6.07) is 8.47. The Balaban J connectivity index is 1.52. The standard InChI is InChI=1S/C17H24N2O2/c1-2-7-18-12-8-13-3-4-14(9-12)19(13)15-5-6-16-17(10-15)21-11-20-16/h5-6,10,12-14,18H,2-4,7-9,11H2,1H3. The number of ether oxygens (including phenoxy) is 2. The van der Waals surface area contributed by atoms with Gasteiger partial charge < -0.3 is 19.7 Å². The Hall–Kier alpha value is -1.42. The summed E-state index contributed by atoms with van der Waals surface area (Å²) >= 11 is 0. The van der Waals surface area contributed by atoms with Crippen molar-refractivity contribution in [1.29, 1.82) is 0 Å². The van der Waals surface area contributed by atoms with Crippen LogP contribution in [0.4, 0.5) is 5.69 Å².